The van der Waals surface area contributed by atoms with E-state index in [1.54, 1.807) is 0 Å². The highest BCUT2D eigenvalue weighted by Crippen LogP contribution is 2.36. The number of hydrogen-bond donors (Lipinski definition) is 2. The Labute approximate surface area is 108 Å². The van der Waals surface area contributed by atoms with Crippen molar-refractivity contribution in [3.8, 4) is 5.75 Å². The second kappa shape index (κ2) is 5.29. The minimum Gasteiger partial charge on any atom is -0.493 e. The summed E-state index contributed by atoms with van der Waals surface area (Å²) in [5.41, 5.74) is 1.26. The summed E-state index contributed by atoms with van der Waals surface area (Å²) in [4.78, 5) is 0. The van der Waals surface area contributed by atoms with Crippen molar-refractivity contribution >= 4 is 0 Å². The number of aliphatic hydroxyl groups is 1. The third-order valence-electron chi connectivity index (χ3n) is 3.86. The van der Waals surface area contributed by atoms with E-state index in [4.69, 9.17) is 4.74 Å². The lowest BCUT2D eigenvalue weighted by atomic mass is 9.88. The van der Waals surface area contributed by atoms with E-state index in [9.17, 15) is 5.11 Å². The Morgan fingerprint density at radius 1 is 1.28 bits per heavy atom. The molecule has 0 saturated heterocycles. The summed E-state index contributed by atoms with van der Waals surface area (Å²) >= 11 is 0. The lowest BCUT2D eigenvalue weighted by Crippen LogP contribution is -2.30. The molecule has 1 fully saturated rings. The Bertz CT molecular complexity index is 403. The molecule has 0 radical (unpaired) electrons. The van der Waals surface area contributed by atoms with Crippen molar-refractivity contribution in [2.75, 3.05) is 13.2 Å². The van der Waals surface area contributed by atoms with Gasteiger partial charge in [-0.3, -0.25) is 0 Å². The molecule has 1 heterocycles. The Balaban J connectivity index is 1.58. The van der Waals surface area contributed by atoms with Crippen LogP contribution in [0.1, 0.15) is 37.2 Å². The molecule has 2 atom stereocenters. The van der Waals surface area contributed by atoms with Crippen molar-refractivity contribution in [3.63, 3.8) is 0 Å². The largest absolute Gasteiger partial charge is 0.493 e. The number of hydrogen-bond acceptors (Lipinski definition) is 3. The fraction of sp³-hybridized carbons (Fsp3) is 0.600. The minimum atomic E-state index is -0.248. The van der Waals surface area contributed by atoms with Gasteiger partial charge in [0.1, 0.15) is 5.75 Å². The van der Waals surface area contributed by atoms with Crippen LogP contribution >= 0.6 is 0 Å². The first-order valence-electron chi connectivity index (χ1n) is 6.96. The van der Waals surface area contributed by atoms with Gasteiger partial charge in [-0.25, -0.2) is 0 Å². The van der Waals surface area contributed by atoms with Gasteiger partial charge in [0.25, 0.3) is 0 Å². The number of aliphatic hydroxyl groups excluding tert-OH is 1. The Kier molecular flexibility index (Phi) is 3.52. The average molecular weight is 247 g/mol. The quantitative estimate of drug-likeness (QED) is 0.837. The van der Waals surface area contributed by atoms with Crippen molar-refractivity contribution < 1.29 is 9.84 Å². The Morgan fingerprint density at radius 3 is 2.94 bits per heavy atom. The van der Waals surface area contributed by atoms with E-state index < -0.39 is 0 Å². The van der Waals surface area contributed by atoms with Crippen LogP contribution in [0.5, 0.6) is 5.75 Å². The number of para-hydroxylation sites is 1. The Morgan fingerprint density at radius 2 is 2.11 bits per heavy atom. The summed E-state index contributed by atoms with van der Waals surface area (Å²) in [6.45, 7) is 1.49. The first-order valence-corrected chi connectivity index (χ1v) is 6.96. The zero-order chi connectivity index (χ0) is 12.4. The molecule has 1 aromatic rings. The third-order valence-corrected chi connectivity index (χ3v) is 3.86. The molecule has 2 aliphatic rings. The van der Waals surface area contributed by atoms with Crippen molar-refractivity contribution in [1.29, 1.82) is 0 Å². The second-order valence-corrected chi connectivity index (χ2v) is 5.44. The first kappa shape index (κ1) is 12.0. The lowest BCUT2D eigenvalue weighted by molar-refractivity contribution is 0.141. The van der Waals surface area contributed by atoms with E-state index in [2.05, 4.69) is 17.4 Å². The molecular formula is C15H21NO2. The van der Waals surface area contributed by atoms with Gasteiger partial charge in [-0.15, -0.1) is 0 Å². The van der Waals surface area contributed by atoms with Crippen LogP contribution in [0.15, 0.2) is 24.3 Å². The lowest BCUT2D eigenvalue weighted by Gasteiger charge is -2.27. The maximum atomic E-state index is 10.1. The van der Waals surface area contributed by atoms with Crippen molar-refractivity contribution in [3.05, 3.63) is 29.8 Å². The molecule has 0 aromatic heterocycles. The molecular weight excluding hydrogens is 226 g/mol. The Hall–Kier alpha value is -1.06. The summed E-state index contributed by atoms with van der Waals surface area (Å²) in [5.74, 6) is 1.43. The fourth-order valence-corrected chi connectivity index (χ4v) is 2.66. The van der Waals surface area contributed by atoms with Gasteiger partial charge in [-0.1, -0.05) is 18.2 Å². The monoisotopic (exact) mass is 247 g/mol. The van der Waals surface area contributed by atoms with Crippen LogP contribution in [0.2, 0.25) is 0 Å². The van der Waals surface area contributed by atoms with Gasteiger partial charge in [0.2, 0.25) is 0 Å². The fourth-order valence-electron chi connectivity index (χ4n) is 2.66. The van der Waals surface area contributed by atoms with Crippen molar-refractivity contribution in [1.82, 2.24) is 5.32 Å². The molecule has 2 N–H and O–H groups in total. The maximum Gasteiger partial charge on any atom is 0.122 e. The molecule has 0 bridgehead atoms. The molecule has 1 aliphatic heterocycles. The average Bonchev–Trinajstić information content (AvgIpc) is 3.21. The van der Waals surface area contributed by atoms with Crippen LogP contribution in [-0.2, 0) is 0 Å². The molecule has 0 amide bonds. The molecule has 1 aromatic carbocycles. The van der Waals surface area contributed by atoms with Gasteiger partial charge < -0.3 is 15.2 Å². The summed E-state index contributed by atoms with van der Waals surface area (Å²) in [5, 5.41) is 13.5. The van der Waals surface area contributed by atoms with Crippen molar-refractivity contribution in [2.24, 2.45) is 0 Å². The zero-order valence-corrected chi connectivity index (χ0v) is 10.6. The van der Waals surface area contributed by atoms with Crippen LogP contribution in [0.25, 0.3) is 0 Å². The van der Waals surface area contributed by atoms with E-state index >= 15 is 0 Å². The first-order chi connectivity index (χ1) is 8.83. The van der Waals surface area contributed by atoms with Crippen LogP contribution in [0.4, 0.5) is 0 Å². The van der Waals surface area contributed by atoms with Gasteiger partial charge in [0, 0.05) is 12.6 Å². The van der Waals surface area contributed by atoms with Gasteiger partial charge in [0.05, 0.1) is 12.7 Å². The smallest absolute Gasteiger partial charge is 0.122 e. The summed E-state index contributed by atoms with van der Waals surface area (Å²) in [6, 6.07) is 8.87. The number of fused-ring (bicyclic) bond motifs is 1. The van der Waals surface area contributed by atoms with E-state index in [0.717, 1.165) is 31.7 Å². The molecule has 1 saturated carbocycles. The normalized spacial score (nSPS) is 24.2. The standard InChI is InChI=1S/C15H21NO2/c17-13(10-16-12-5-6-12)9-11-7-8-18-15-4-2-1-3-14(11)15/h1-4,11-13,16-17H,5-10H2. The van der Waals surface area contributed by atoms with E-state index in [-0.39, 0.29) is 6.10 Å². The summed E-state index contributed by atoms with van der Waals surface area (Å²) in [6.07, 6.45) is 4.14. The highest BCUT2D eigenvalue weighted by Gasteiger charge is 2.25. The highest BCUT2D eigenvalue weighted by molar-refractivity contribution is 5.37. The van der Waals surface area contributed by atoms with Crippen LogP contribution in [-0.4, -0.2) is 30.4 Å². The molecule has 3 nitrogen and oxygen atoms in total. The summed E-state index contributed by atoms with van der Waals surface area (Å²) in [7, 11) is 0. The third kappa shape index (κ3) is 2.85. The van der Waals surface area contributed by atoms with Gasteiger partial charge in [-0.2, -0.15) is 0 Å². The van der Waals surface area contributed by atoms with Crippen LogP contribution in [0, 0.1) is 0 Å². The van der Waals surface area contributed by atoms with Gasteiger partial charge >= 0.3 is 0 Å². The number of nitrogens with one attached hydrogen (secondary N) is 1. The zero-order valence-electron chi connectivity index (χ0n) is 10.6. The predicted octanol–water partition coefficient (Wildman–Crippen LogP) is 2.06. The summed E-state index contributed by atoms with van der Waals surface area (Å²) < 4.78 is 5.65. The van der Waals surface area contributed by atoms with E-state index in [1.165, 1.54) is 18.4 Å². The molecule has 1 aliphatic carbocycles. The van der Waals surface area contributed by atoms with Crippen LogP contribution in [0.3, 0.4) is 0 Å². The topological polar surface area (TPSA) is 41.5 Å². The SMILES string of the molecule is OC(CNC1CC1)CC1CCOc2ccccc21. The van der Waals surface area contributed by atoms with E-state index in [0.29, 0.717) is 12.0 Å². The highest BCUT2D eigenvalue weighted by atomic mass is 16.5. The molecule has 3 rings (SSSR count). The number of ether oxygens (including phenoxy) is 1. The van der Waals surface area contributed by atoms with E-state index in [1.807, 2.05) is 12.1 Å². The number of rotatable bonds is 5. The molecule has 18 heavy (non-hydrogen) atoms. The number of benzene rings is 1. The second-order valence-electron chi connectivity index (χ2n) is 5.44. The van der Waals surface area contributed by atoms with Crippen molar-refractivity contribution in [2.45, 2.75) is 43.7 Å². The van der Waals surface area contributed by atoms with Crippen LogP contribution < -0.4 is 10.1 Å². The molecule has 0 spiro atoms. The maximum absolute atomic E-state index is 10.1. The van der Waals surface area contributed by atoms with Gasteiger partial charge in [0.15, 0.2) is 0 Å². The molecule has 98 valence electrons. The van der Waals surface area contributed by atoms with Gasteiger partial charge in [-0.05, 0) is 43.2 Å². The predicted molar refractivity (Wildman–Crippen MR) is 70.9 cm³/mol. The molecule has 3 heteroatoms. The molecule has 2 unspecified atom stereocenters. The minimum absolute atomic E-state index is 0.248.